The molecule has 0 spiro atoms. The SMILES string of the molecule is COc1ccc2[nH]c(C)c(CC(=O)NC(CCCCCC(C)=O)C(=O)NCC3CN(Cc4ccccc4)CCO3)c2c1. The van der Waals surface area contributed by atoms with E-state index in [1.807, 2.05) is 43.3 Å². The average Bonchev–Trinajstić information content (AvgIpc) is 3.29. The first kappa shape index (κ1) is 31.3. The molecule has 9 heteroatoms. The van der Waals surface area contributed by atoms with E-state index in [1.54, 1.807) is 14.0 Å². The molecule has 0 radical (unpaired) electrons. The number of aryl methyl sites for hydroxylation is 1. The van der Waals surface area contributed by atoms with Crippen LogP contribution in [0.5, 0.6) is 5.75 Å². The monoisotopic (exact) mass is 576 g/mol. The lowest BCUT2D eigenvalue weighted by atomic mass is 10.0. The van der Waals surface area contributed by atoms with Gasteiger partial charge in [-0.3, -0.25) is 14.5 Å². The van der Waals surface area contributed by atoms with Crippen LogP contribution in [0, 0.1) is 6.92 Å². The quantitative estimate of drug-likeness (QED) is 0.235. The minimum absolute atomic E-state index is 0.123. The summed E-state index contributed by atoms with van der Waals surface area (Å²) < 4.78 is 11.3. The second-order valence-electron chi connectivity index (χ2n) is 11.2. The summed E-state index contributed by atoms with van der Waals surface area (Å²) in [5, 5.41) is 6.96. The summed E-state index contributed by atoms with van der Waals surface area (Å²) in [6.45, 7) is 6.93. The van der Waals surface area contributed by atoms with Crippen LogP contribution in [0.15, 0.2) is 48.5 Å². The van der Waals surface area contributed by atoms with Gasteiger partial charge in [0.2, 0.25) is 11.8 Å². The molecule has 1 aromatic heterocycles. The molecule has 2 unspecified atom stereocenters. The van der Waals surface area contributed by atoms with Crippen LogP contribution < -0.4 is 15.4 Å². The highest BCUT2D eigenvalue weighted by Crippen LogP contribution is 2.27. The number of ether oxygens (including phenoxy) is 2. The van der Waals surface area contributed by atoms with Crippen molar-refractivity contribution in [2.24, 2.45) is 0 Å². The molecule has 2 heterocycles. The number of carbonyl (C=O) groups is 3. The van der Waals surface area contributed by atoms with Gasteiger partial charge in [-0.15, -0.1) is 0 Å². The van der Waals surface area contributed by atoms with Crippen LogP contribution in [0.1, 0.15) is 55.8 Å². The normalized spacial score (nSPS) is 16.2. The van der Waals surface area contributed by atoms with Crippen molar-refractivity contribution in [3.63, 3.8) is 0 Å². The Bertz CT molecular complexity index is 1340. The van der Waals surface area contributed by atoms with E-state index in [2.05, 4.69) is 32.7 Å². The first-order valence-corrected chi connectivity index (χ1v) is 14.9. The lowest BCUT2D eigenvalue weighted by Crippen LogP contribution is -2.51. The summed E-state index contributed by atoms with van der Waals surface area (Å²) in [5.74, 6) is 0.458. The number of H-pyrrole nitrogens is 1. The molecule has 0 saturated carbocycles. The van der Waals surface area contributed by atoms with Gasteiger partial charge in [0, 0.05) is 49.2 Å². The van der Waals surface area contributed by atoms with Crippen LogP contribution in [0.4, 0.5) is 0 Å². The Hall–Kier alpha value is -3.69. The lowest BCUT2D eigenvalue weighted by Gasteiger charge is -2.33. The topological polar surface area (TPSA) is 113 Å². The van der Waals surface area contributed by atoms with Crippen molar-refractivity contribution in [3.8, 4) is 5.75 Å². The van der Waals surface area contributed by atoms with Gasteiger partial charge in [-0.1, -0.05) is 43.2 Å². The van der Waals surface area contributed by atoms with Gasteiger partial charge in [0.15, 0.2) is 0 Å². The maximum atomic E-state index is 13.4. The molecule has 226 valence electrons. The minimum atomic E-state index is -0.668. The smallest absolute Gasteiger partial charge is 0.242 e. The molecule has 1 aliphatic rings. The predicted molar refractivity (Wildman–Crippen MR) is 163 cm³/mol. The van der Waals surface area contributed by atoms with Crippen molar-refractivity contribution < 1.29 is 23.9 Å². The predicted octanol–water partition coefficient (Wildman–Crippen LogP) is 4.07. The Labute approximate surface area is 248 Å². The number of Topliss-reactive ketones (excluding diaryl/α,β-unsaturated/α-hetero) is 1. The van der Waals surface area contributed by atoms with Gasteiger partial charge < -0.3 is 29.9 Å². The van der Waals surface area contributed by atoms with E-state index < -0.39 is 6.04 Å². The fourth-order valence-electron chi connectivity index (χ4n) is 5.52. The van der Waals surface area contributed by atoms with Gasteiger partial charge >= 0.3 is 0 Å². The Morgan fingerprint density at radius 1 is 1.12 bits per heavy atom. The number of ketones is 1. The second kappa shape index (κ2) is 15.5. The Morgan fingerprint density at radius 3 is 2.69 bits per heavy atom. The number of morpholine rings is 1. The van der Waals surface area contributed by atoms with Crippen LogP contribution >= 0.6 is 0 Å². The fourth-order valence-corrected chi connectivity index (χ4v) is 5.52. The van der Waals surface area contributed by atoms with Gasteiger partial charge in [0.1, 0.15) is 17.6 Å². The number of carbonyl (C=O) groups excluding carboxylic acids is 3. The van der Waals surface area contributed by atoms with Crippen LogP contribution in [0.2, 0.25) is 0 Å². The van der Waals surface area contributed by atoms with Gasteiger partial charge in [-0.2, -0.15) is 0 Å². The molecule has 2 amide bonds. The molecule has 9 nitrogen and oxygen atoms in total. The molecule has 0 bridgehead atoms. The van der Waals surface area contributed by atoms with Crippen LogP contribution in [0.3, 0.4) is 0 Å². The van der Waals surface area contributed by atoms with E-state index in [0.29, 0.717) is 26.0 Å². The number of unbranched alkanes of at least 4 members (excludes halogenated alkanes) is 2. The fraction of sp³-hybridized carbons (Fsp3) is 0.485. The number of hydrogen-bond acceptors (Lipinski definition) is 6. The van der Waals surface area contributed by atoms with Crippen LogP contribution in [0.25, 0.3) is 10.9 Å². The van der Waals surface area contributed by atoms with Gasteiger partial charge in [0.05, 0.1) is 26.2 Å². The highest BCUT2D eigenvalue weighted by Gasteiger charge is 2.25. The molecule has 3 N–H and O–H groups in total. The third-order valence-electron chi connectivity index (χ3n) is 7.81. The number of amides is 2. The largest absolute Gasteiger partial charge is 0.497 e. The number of aromatic nitrogens is 1. The minimum Gasteiger partial charge on any atom is -0.497 e. The Kier molecular flexibility index (Phi) is 11.5. The summed E-state index contributed by atoms with van der Waals surface area (Å²) in [5.41, 5.74) is 3.98. The first-order valence-electron chi connectivity index (χ1n) is 14.9. The molecule has 4 rings (SSSR count). The average molecular weight is 577 g/mol. The highest BCUT2D eigenvalue weighted by atomic mass is 16.5. The third-order valence-corrected chi connectivity index (χ3v) is 7.81. The zero-order valence-corrected chi connectivity index (χ0v) is 25.0. The van der Waals surface area contributed by atoms with Crippen molar-refractivity contribution in [1.29, 1.82) is 0 Å². The van der Waals surface area contributed by atoms with E-state index in [4.69, 9.17) is 9.47 Å². The summed E-state index contributed by atoms with van der Waals surface area (Å²) in [7, 11) is 1.62. The number of nitrogens with zero attached hydrogens (tertiary/aromatic N) is 1. The number of fused-ring (bicyclic) bond motifs is 1. The Morgan fingerprint density at radius 2 is 1.93 bits per heavy atom. The number of benzene rings is 2. The first-order chi connectivity index (χ1) is 20.3. The van der Waals surface area contributed by atoms with Crippen LogP contribution in [-0.4, -0.2) is 73.0 Å². The molecular weight excluding hydrogens is 532 g/mol. The number of methoxy groups -OCH3 is 1. The number of hydrogen-bond donors (Lipinski definition) is 3. The molecule has 2 aromatic carbocycles. The van der Waals surface area contributed by atoms with E-state index in [-0.39, 0.29) is 30.1 Å². The molecular formula is C33H44N4O5. The molecule has 1 fully saturated rings. The zero-order valence-electron chi connectivity index (χ0n) is 25.0. The third kappa shape index (κ3) is 9.16. The summed E-state index contributed by atoms with van der Waals surface area (Å²) >= 11 is 0. The van der Waals surface area contributed by atoms with Crippen LogP contribution in [-0.2, 0) is 32.1 Å². The number of aromatic amines is 1. The summed E-state index contributed by atoms with van der Waals surface area (Å²) in [6.07, 6.45) is 3.39. The summed E-state index contributed by atoms with van der Waals surface area (Å²) in [4.78, 5) is 43.6. The molecule has 2 atom stereocenters. The van der Waals surface area contributed by atoms with Gasteiger partial charge in [-0.25, -0.2) is 0 Å². The van der Waals surface area contributed by atoms with E-state index in [1.165, 1.54) is 5.56 Å². The van der Waals surface area contributed by atoms with E-state index in [0.717, 1.165) is 66.8 Å². The van der Waals surface area contributed by atoms with Gasteiger partial charge in [-0.05, 0) is 56.0 Å². The van der Waals surface area contributed by atoms with Crippen molar-refractivity contribution >= 4 is 28.5 Å². The highest BCUT2D eigenvalue weighted by molar-refractivity contribution is 5.93. The van der Waals surface area contributed by atoms with E-state index in [9.17, 15) is 14.4 Å². The van der Waals surface area contributed by atoms with E-state index >= 15 is 0 Å². The number of nitrogens with one attached hydrogen (secondary N) is 3. The molecule has 0 aliphatic carbocycles. The zero-order chi connectivity index (χ0) is 29.9. The van der Waals surface area contributed by atoms with Crippen molar-refractivity contribution in [2.45, 2.75) is 71.1 Å². The number of rotatable bonds is 15. The van der Waals surface area contributed by atoms with Crippen molar-refractivity contribution in [1.82, 2.24) is 20.5 Å². The lowest BCUT2D eigenvalue weighted by molar-refractivity contribution is -0.129. The summed E-state index contributed by atoms with van der Waals surface area (Å²) in [6, 6.07) is 15.4. The second-order valence-corrected chi connectivity index (χ2v) is 11.2. The molecule has 3 aromatic rings. The maximum absolute atomic E-state index is 13.4. The van der Waals surface area contributed by atoms with Crippen molar-refractivity contribution in [2.75, 3.05) is 33.4 Å². The standard InChI is InChI=1S/C33H44N4O5/c1-23(38)10-6-4-9-13-31(36-32(39)19-28-24(2)35-30-15-14-26(41-3)18-29(28)30)33(40)34-20-27-22-37(16-17-42-27)21-25-11-7-5-8-12-25/h5,7-8,11-12,14-15,18,27,31,35H,4,6,9-10,13,16-17,19-22H2,1-3H3,(H,34,40)(H,36,39). The molecule has 42 heavy (non-hydrogen) atoms. The van der Waals surface area contributed by atoms with Gasteiger partial charge in [0.25, 0.3) is 0 Å². The maximum Gasteiger partial charge on any atom is 0.242 e. The van der Waals surface area contributed by atoms with Crippen molar-refractivity contribution in [3.05, 3.63) is 65.4 Å². The Balaban J connectivity index is 1.35. The molecule has 1 saturated heterocycles. The molecule has 1 aliphatic heterocycles.